The lowest BCUT2D eigenvalue weighted by molar-refractivity contribution is 0.0691. The summed E-state index contributed by atoms with van der Waals surface area (Å²) in [5.74, 6) is -1.97. The van der Waals surface area contributed by atoms with Gasteiger partial charge in [-0.2, -0.15) is 0 Å². The fourth-order valence-corrected chi connectivity index (χ4v) is 4.06. The Morgan fingerprint density at radius 3 is 2.42 bits per heavy atom. The van der Waals surface area contributed by atoms with E-state index < -0.39 is 26.6 Å². The van der Waals surface area contributed by atoms with E-state index in [1.165, 1.54) is 12.5 Å². The monoisotopic (exact) mass is 384 g/mol. The maximum Gasteiger partial charge on any atom is 0.257 e. The lowest BCUT2D eigenvalue weighted by Gasteiger charge is -2.31. The number of nitrogens with zero attached hydrogens (tertiary/aromatic N) is 1. The number of furan rings is 1. The van der Waals surface area contributed by atoms with Crippen LogP contribution in [0.15, 0.2) is 46.1 Å². The van der Waals surface area contributed by atoms with Gasteiger partial charge in [-0.05, 0) is 37.0 Å². The summed E-state index contributed by atoms with van der Waals surface area (Å²) >= 11 is 0. The van der Waals surface area contributed by atoms with Crippen LogP contribution in [0.5, 0.6) is 0 Å². The molecule has 0 radical (unpaired) electrons. The number of piperidine rings is 1. The number of halogens is 2. The van der Waals surface area contributed by atoms with E-state index in [0.717, 1.165) is 12.1 Å². The number of carbonyl (C=O) groups excluding carboxylic acids is 1. The minimum atomic E-state index is -3.99. The summed E-state index contributed by atoms with van der Waals surface area (Å²) in [6.07, 6.45) is 4.08. The van der Waals surface area contributed by atoms with Gasteiger partial charge in [0, 0.05) is 25.7 Å². The van der Waals surface area contributed by atoms with Crippen molar-refractivity contribution in [1.29, 1.82) is 0 Å². The van der Waals surface area contributed by atoms with Crippen molar-refractivity contribution in [3.63, 3.8) is 0 Å². The zero-order valence-corrected chi connectivity index (χ0v) is 14.6. The molecule has 6 nitrogen and oxygen atoms in total. The van der Waals surface area contributed by atoms with Gasteiger partial charge in [-0.1, -0.05) is 0 Å². The van der Waals surface area contributed by atoms with Crippen LogP contribution in [0.1, 0.15) is 23.2 Å². The number of amides is 1. The summed E-state index contributed by atoms with van der Waals surface area (Å²) in [4.78, 5) is 13.5. The van der Waals surface area contributed by atoms with Crippen molar-refractivity contribution in [2.75, 3.05) is 19.6 Å². The van der Waals surface area contributed by atoms with Crippen molar-refractivity contribution in [1.82, 2.24) is 9.62 Å². The minimum Gasteiger partial charge on any atom is -0.472 e. The Morgan fingerprint density at radius 2 is 1.85 bits per heavy atom. The molecule has 0 bridgehead atoms. The van der Waals surface area contributed by atoms with E-state index in [1.807, 2.05) is 0 Å². The van der Waals surface area contributed by atoms with Crippen LogP contribution in [0, 0.1) is 17.6 Å². The Balaban J connectivity index is 1.54. The molecule has 0 saturated carbocycles. The van der Waals surface area contributed by atoms with Gasteiger partial charge in [0.1, 0.15) is 17.9 Å². The first-order chi connectivity index (χ1) is 12.3. The number of carbonyl (C=O) groups is 1. The summed E-state index contributed by atoms with van der Waals surface area (Å²) in [5, 5.41) is 0. The Morgan fingerprint density at radius 1 is 1.19 bits per heavy atom. The first-order valence-electron chi connectivity index (χ1n) is 8.12. The third-order valence-corrected chi connectivity index (χ3v) is 5.78. The molecule has 1 N–H and O–H groups in total. The molecule has 1 aliphatic heterocycles. The zero-order chi connectivity index (χ0) is 18.7. The van der Waals surface area contributed by atoms with Gasteiger partial charge in [-0.3, -0.25) is 4.79 Å². The van der Waals surface area contributed by atoms with Gasteiger partial charge in [-0.25, -0.2) is 21.9 Å². The highest BCUT2D eigenvalue weighted by Crippen LogP contribution is 2.20. The van der Waals surface area contributed by atoms with Crippen LogP contribution in [0.4, 0.5) is 8.78 Å². The van der Waals surface area contributed by atoms with E-state index in [9.17, 15) is 22.0 Å². The summed E-state index contributed by atoms with van der Waals surface area (Å²) in [6, 6.07) is 3.77. The number of sulfonamides is 1. The number of hydrogen-bond acceptors (Lipinski definition) is 4. The van der Waals surface area contributed by atoms with Crippen LogP contribution in [0.25, 0.3) is 0 Å². The molecule has 3 rings (SSSR count). The van der Waals surface area contributed by atoms with Crippen LogP contribution in [0.2, 0.25) is 0 Å². The Labute approximate surface area is 149 Å². The minimum absolute atomic E-state index is 0.0385. The van der Waals surface area contributed by atoms with Crippen LogP contribution in [-0.4, -0.2) is 38.9 Å². The maximum atomic E-state index is 13.2. The molecule has 0 aliphatic carbocycles. The van der Waals surface area contributed by atoms with Crippen molar-refractivity contribution < 1.29 is 26.4 Å². The predicted molar refractivity (Wildman–Crippen MR) is 88.9 cm³/mol. The smallest absolute Gasteiger partial charge is 0.257 e. The Hall–Kier alpha value is -2.26. The van der Waals surface area contributed by atoms with Crippen LogP contribution in [-0.2, 0) is 10.0 Å². The number of hydrogen-bond donors (Lipinski definition) is 1. The molecule has 0 unspecified atom stereocenters. The van der Waals surface area contributed by atoms with E-state index >= 15 is 0 Å². The van der Waals surface area contributed by atoms with Gasteiger partial charge in [0.15, 0.2) is 0 Å². The molecule has 0 spiro atoms. The molecular weight excluding hydrogens is 366 g/mol. The first kappa shape index (κ1) is 18.5. The van der Waals surface area contributed by atoms with Gasteiger partial charge in [0.25, 0.3) is 5.91 Å². The summed E-state index contributed by atoms with van der Waals surface area (Å²) in [7, 11) is -3.99. The van der Waals surface area contributed by atoms with E-state index in [4.69, 9.17) is 4.42 Å². The second-order valence-electron chi connectivity index (χ2n) is 6.20. The fraction of sp³-hybridized carbons (Fsp3) is 0.353. The summed E-state index contributed by atoms with van der Waals surface area (Å²) in [5.41, 5.74) is 0.484. The van der Waals surface area contributed by atoms with Crippen molar-refractivity contribution in [3.8, 4) is 0 Å². The zero-order valence-electron chi connectivity index (χ0n) is 13.8. The van der Waals surface area contributed by atoms with Gasteiger partial charge >= 0.3 is 0 Å². The van der Waals surface area contributed by atoms with Crippen molar-refractivity contribution in [2.24, 2.45) is 5.92 Å². The fourth-order valence-electron chi connectivity index (χ4n) is 2.90. The van der Waals surface area contributed by atoms with Crippen molar-refractivity contribution in [3.05, 3.63) is 54.0 Å². The van der Waals surface area contributed by atoms with Crippen LogP contribution in [0.3, 0.4) is 0 Å². The highest BCUT2D eigenvalue weighted by Gasteiger charge is 2.25. The molecule has 1 amide bonds. The van der Waals surface area contributed by atoms with Crippen LogP contribution >= 0.6 is 0 Å². The predicted octanol–water partition coefficient (Wildman–Crippen LogP) is 2.39. The molecule has 1 aliphatic rings. The van der Waals surface area contributed by atoms with E-state index in [-0.39, 0.29) is 18.4 Å². The molecule has 1 aromatic heterocycles. The second-order valence-corrected chi connectivity index (χ2v) is 7.97. The average Bonchev–Trinajstić information content (AvgIpc) is 3.14. The number of likely N-dealkylation sites (tertiary alicyclic amines) is 1. The second kappa shape index (κ2) is 7.55. The third kappa shape index (κ3) is 4.28. The van der Waals surface area contributed by atoms with E-state index in [2.05, 4.69) is 4.72 Å². The number of nitrogens with one attached hydrogen (secondary N) is 1. The molecule has 9 heteroatoms. The van der Waals surface area contributed by atoms with E-state index in [1.54, 1.807) is 11.0 Å². The molecule has 26 heavy (non-hydrogen) atoms. The highest BCUT2D eigenvalue weighted by atomic mass is 32.2. The summed E-state index contributed by atoms with van der Waals surface area (Å²) < 4.78 is 58.1. The molecule has 0 atom stereocenters. The average molecular weight is 384 g/mol. The standard InChI is InChI=1S/C17H18F2N2O4S/c18-14-7-15(19)9-16(8-14)26(23,24)20-10-12-1-4-21(5-2-12)17(22)13-3-6-25-11-13/h3,6-9,11-12,20H,1-2,4-5,10H2. The highest BCUT2D eigenvalue weighted by molar-refractivity contribution is 7.89. The molecule has 1 aromatic carbocycles. The van der Waals surface area contributed by atoms with Gasteiger partial charge in [0.05, 0.1) is 16.7 Å². The Kier molecular flexibility index (Phi) is 5.38. The molecular formula is C17H18F2N2O4S. The lowest BCUT2D eigenvalue weighted by atomic mass is 9.97. The summed E-state index contributed by atoms with van der Waals surface area (Å²) in [6.45, 7) is 1.16. The van der Waals surface area contributed by atoms with Gasteiger partial charge in [0.2, 0.25) is 10.0 Å². The topological polar surface area (TPSA) is 79.6 Å². The number of benzene rings is 1. The quantitative estimate of drug-likeness (QED) is 0.859. The molecule has 1 saturated heterocycles. The molecule has 1 fully saturated rings. The third-order valence-electron chi connectivity index (χ3n) is 4.38. The van der Waals surface area contributed by atoms with E-state index in [0.29, 0.717) is 37.6 Å². The maximum absolute atomic E-state index is 13.2. The van der Waals surface area contributed by atoms with Gasteiger partial charge in [-0.15, -0.1) is 0 Å². The van der Waals surface area contributed by atoms with Crippen molar-refractivity contribution >= 4 is 15.9 Å². The Bertz CT molecular complexity index is 856. The molecule has 2 heterocycles. The van der Waals surface area contributed by atoms with Crippen molar-refractivity contribution in [2.45, 2.75) is 17.7 Å². The first-order valence-corrected chi connectivity index (χ1v) is 9.61. The number of rotatable bonds is 5. The molecule has 2 aromatic rings. The largest absolute Gasteiger partial charge is 0.472 e. The molecule has 140 valence electrons. The SMILES string of the molecule is O=C(c1ccoc1)N1CCC(CNS(=O)(=O)c2cc(F)cc(F)c2)CC1. The van der Waals surface area contributed by atoms with Crippen LogP contribution < -0.4 is 4.72 Å². The lowest BCUT2D eigenvalue weighted by Crippen LogP contribution is -2.41. The van der Waals surface area contributed by atoms with Gasteiger partial charge < -0.3 is 9.32 Å². The normalized spacial score (nSPS) is 16.0.